The van der Waals surface area contributed by atoms with Crippen LogP contribution in [-0.2, 0) is 4.74 Å². The van der Waals surface area contributed by atoms with Crippen molar-refractivity contribution >= 4 is 34.5 Å². The van der Waals surface area contributed by atoms with Crippen LogP contribution in [0.4, 0.5) is 4.79 Å². The molecule has 1 aromatic carbocycles. The largest absolute Gasteiger partial charge is 0.447 e. The molecule has 2 heterocycles. The van der Waals surface area contributed by atoms with E-state index in [0.29, 0.717) is 23.7 Å². The quantitative estimate of drug-likeness (QED) is 0.875. The Labute approximate surface area is 151 Å². The van der Waals surface area contributed by atoms with Crippen LogP contribution in [0.2, 0.25) is 5.02 Å². The number of carbonyl (C=O) groups is 2. The monoisotopic (exact) mass is 363 g/mol. The van der Waals surface area contributed by atoms with Gasteiger partial charge in [0, 0.05) is 41.8 Å². The molecular weight excluding hydrogens is 342 g/mol. The maximum atomic E-state index is 12.5. The number of ether oxygens (including phenoxy) is 1. The number of hydrogen-bond acceptors (Lipinski definition) is 3. The van der Waals surface area contributed by atoms with E-state index in [1.807, 2.05) is 19.9 Å². The van der Waals surface area contributed by atoms with Gasteiger partial charge in [-0.25, -0.2) is 4.79 Å². The van der Waals surface area contributed by atoms with Crippen LogP contribution >= 0.6 is 11.6 Å². The molecule has 0 radical (unpaired) electrons. The maximum Gasteiger partial charge on any atom is 0.410 e. The molecule has 7 heteroatoms. The van der Waals surface area contributed by atoms with Gasteiger partial charge in [-0.1, -0.05) is 17.7 Å². The van der Waals surface area contributed by atoms with Gasteiger partial charge in [-0.15, -0.1) is 0 Å². The maximum absolute atomic E-state index is 12.5. The predicted octanol–water partition coefficient (Wildman–Crippen LogP) is 3.56. The number of likely N-dealkylation sites (tertiary alicyclic amines) is 1. The molecule has 25 heavy (non-hydrogen) atoms. The molecule has 0 bridgehead atoms. The van der Waals surface area contributed by atoms with Crippen molar-refractivity contribution in [3.63, 3.8) is 0 Å². The lowest BCUT2D eigenvalue weighted by molar-refractivity contribution is 0.0637. The van der Waals surface area contributed by atoms with E-state index in [1.54, 1.807) is 23.2 Å². The van der Waals surface area contributed by atoms with E-state index >= 15 is 0 Å². The number of carbonyl (C=O) groups excluding carboxylic acids is 2. The summed E-state index contributed by atoms with van der Waals surface area (Å²) in [6.07, 6.45) is 2.91. The van der Waals surface area contributed by atoms with E-state index in [4.69, 9.17) is 16.3 Å². The Kier molecular flexibility index (Phi) is 5.18. The van der Waals surface area contributed by atoms with E-state index in [0.717, 1.165) is 23.7 Å². The van der Waals surface area contributed by atoms with Gasteiger partial charge < -0.3 is 19.9 Å². The fourth-order valence-electron chi connectivity index (χ4n) is 3.04. The van der Waals surface area contributed by atoms with Crippen LogP contribution in [-0.4, -0.2) is 47.1 Å². The standard InChI is InChI=1S/C18H22ClN3O3/c1-11(2)25-18(24)22-7-3-4-13(10-22)21-17(23)12-5-6-14-15(19)9-20-16(14)8-12/h5-6,8-9,11,13,20H,3-4,7,10H2,1-2H3,(H,21,23). The van der Waals surface area contributed by atoms with E-state index < -0.39 is 0 Å². The highest BCUT2D eigenvalue weighted by Crippen LogP contribution is 2.23. The summed E-state index contributed by atoms with van der Waals surface area (Å²) in [6.45, 7) is 4.77. The number of benzene rings is 1. The van der Waals surface area contributed by atoms with Crippen molar-refractivity contribution in [1.29, 1.82) is 0 Å². The Bertz CT molecular complexity index is 787. The summed E-state index contributed by atoms with van der Waals surface area (Å²) in [6, 6.07) is 5.29. The molecule has 1 aliphatic heterocycles. The predicted molar refractivity (Wildman–Crippen MR) is 97.0 cm³/mol. The van der Waals surface area contributed by atoms with Crippen molar-refractivity contribution in [3.05, 3.63) is 35.0 Å². The number of aromatic nitrogens is 1. The number of halogens is 1. The van der Waals surface area contributed by atoms with E-state index in [2.05, 4.69) is 10.3 Å². The van der Waals surface area contributed by atoms with Crippen molar-refractivity contribution < 1.29 is 14.3 Å². The topological polar surface area (TPSA) is 74.4 Å². The SMILES string of the molecule is CC(C)OC(=O)N1CCCC(NC(=O)c2ccc3c(Cl)c[nH]c3c2)C1. The molecule has 1 atom stereocenters. The molecule has 0 aliphatic carbocycles. The third kappa shape index (κ3) is 4.07. The Morgan fingerprint density at radius 2 is 2.20 bits per heavy atom. The van der Waals surface area contributed by atoms with Crippen LogP contribution in [0.1, 0.15) is 37.0 Å². The number of H-pyrrole nitrogens is 1. The van der Waals surface area contributed by atoms with Crippen molar-refractivity contribution in [3.8, 4) is 0 Å². The van der Waals surface area contributed by atoms with Gasteiger partial charge in [0.05, 0.1) is 11.1 Å². The lowest BCUT2D eigenvalue weighted by Crippen LogP contribution is -2.50. The summed E-state index contributed by atoms with van der Waals surface area (Å²) in [5.41, 5.74) is 1.39. The Hall–Kier alpha value is -2.21. The molecule has 2 N–H and O–H groups in total. The van der Waals surface area contributed by atoms with Gasteiger partial charge in [0.25, 0.3) is 5.91 Å². The molecule has 1 aromatic heterocycles. The highest BCUT2D eigenvalue weighted by molar-refractivity contribution is 6.35. The fourth-order valence-corrected chi connectivity index (χ4v) is 3.26. The lowest BCUT2D eigenvalue weighted by Gasteiger charge is -2.32. The number of piperidine rings is 1. The second-order valence-electron chi connectivity index (χ2n) is 6.59. The summed E-state index contributed by atoms with van der Waals surface area (Å²) < 4.78 is 5.24. The minimum atomic E-state index is -0.323. The first-order valence-corrected chi connectivity index (χ1v) is 8.85. The molecular formula is C18H22ClN3O3. The van der Waals surface area contributed by atoms with Crippen molar-refractivity contribution in [2.45, 2.75) is 38.8 Å². The lowest BCUT2D eigenvalue weighted by atomic mass is 10.1. The molecule has 134 valence electrons. The zero-order chi connectivity index (χ0) is 18.0. The zero-order valence-electron chi connectivity index (χ0n) is 14.3. The third-order valence-corrected chi connectivity index (χ3v) is 4.56. The molecule has 1 unspecified atom stereocenters. The first-order valence-electron chi connectivity index (χ1n) is 8.47. The Morgan fingerprint density at radius 3 is 2.96 bits per heavy atom. The molecule has 1 aliphatic rings. The first-order chi connectivity index (χ1) is 11.9. The highest BCUT2D eigenvalue weighted by atomic mass is 35.5. The number of hydrogen-bond donors (Lipinski definition) is 2. The Morgan fingerprint density at radius 1 is 1.40 bits per heavy atom. The average Bonchev–Trinajstić information content (AvgIpc) is 2.95. The van der Waals surface area contributed by atoms with Crippen molar-refractivity contribution in [2.24, 2.45) is 0 Å². The number of amides is 2. The van der Waals surface area contributed by atoms with Gasteiger partial charge in [-0.2, -0.15) is 0 Å². The number of nitrogens with one attached hydrogen (secondary N) is 2. The molecule has 0 saturated carbocycles. The number of fused-ring (bicyclic) bond motifs is 1. The number of aromatic amines is 1. The fraction of sp³-hybridized carbons (Fsp3) is 0.444. The number of nitrogens with zero attached hydrogens (tertiary/aromatic N) is 1. The van der Waals surface area contributed by atoms with Crippen LogP contribution in [0.3, 0.4) is 0 Å². The smallest absolute Gasteiger partial charge is 0.410 e. The van der Waals surface area contributed by atoms with Crippen LogP contribution < -0.4 is 5.32 Å². The number of rotatable bonds is 3. The summed E-state index contributed by atoms with van der Waals surface area (Å²) >= 11 is 6.06. The molecule has 0 spiro atoms. The second kappa shape index (κ2) is 7.35. The average molecular weight is 364 g/mol. The van der Waals surface area contributed by atoms with E-state index in [1.165, 1.54) is 0 Å². The normalized spacial score (nSPS) is 17.8. The van der Waals surface area contributed by atoms with E-state index in [9.17, 15) is 9.59 Å². The molecule has 2 aromatic rings. The summed E-state index contributed by atoms with van der Waals surface area (Å²) in [5.74, 6) is -0.156. The third-order valence-electron chi connectivity index (χ3n) is 4.24. The van der Waals surface area contributed by atoms with Crippen molar-refractivity contribution in [2.75, 3.05) is 13.1 Å². The molecule has 6 nitrogen and oxygen atoms in total. The summed E-state index contributed by atoms with van der Waals surface area (Å²) in [7, 11) is 0. The van der Waals surface area contributed by atoms with Crippen LogP contribution in [0.15, 0.2) is 24.4 Å². The summed E-state index contributed by atoms with van der Waals surface area (Å²) in [4.78, 5) is 29.3. The van der Waals surface area contributed by atoms with Gasteiger partial charge in [-0.3, -0.25) is 4.79 Å². The van der Waals surface area contributed by atoms with Gasteiger partial charge in [0.1, 0.15) is 0 Å². The second-order valence-corrected chi connectivity index (χ2v) is 7.00. The molecule has 2 amide bonds. The van der Waals surface area contributed by atoms with Crippen LogP contribution in [0.25, 0.3) is 10.9 Å². The van der Waals surface area contributed by atoms with Gasteiger partial charge in [0.15, 0.2) is 0 Å². The molecule has 3 rings (SSSR count). The van der Waals surface area contributed by atoms with Gasteiger partial charge in [0.2, 0.25) is 0 Å². The Balaban J connectivity index is 1.64. The minimum absolute atomic E-state index is 0.0797. The van der Waals surface area contributed by atoms with Crippen LogP contribution in [0.5, 0.6) is 0 Å². The van der Waals surface area contributed by atoms with Crippen molar-refractivity contribution in [1.82, 2.24) is 15.2 Å². The highest BCUT2D eigenvalue weighted by Gasteiger charge is 2.26. The van der Waals surface area contributed by atoms with Crippen LogP contribution in [0, 0.1) is 0 Å². The first kappa shape index (κ1) is 17.6. The summed E-state index contributed by atoms with van der Waals surface area (Å²) in [5, 5.41) is 4.53. The zero-order valence-corrected chi connectivity index (χ0v) is 15.1. The van der Waals surface area contributed by atoms with Gasteiger partial charge >= 0.3 is 6.09 Å². The van der Waals surface area contributed by atoms with E-state index in [-0.39, 0.29) is 24.1 Å². The molecule has 1 saturated heterocycles. The van der Waals surface area contributed by atoms with Gasteiger partial charge in [-0.05, 0) is 38.8 Å². The molecule has 1 fully saturated rings. The minimum Gasteiger partial charge on any atom is -0.447 e.